The van der Waals surface area contributed by atoms with Gasteiger partial charge < -0.3 is 10.4 Å². The maximum atomic E-state index is 8.69. The van der Waals surface area contributed by atoms with E-state index in [4.69, 9.17) is 5.11 Å². The molecule has 108 valence electrons. The van der Waals surface area contributed by atoms with E-state index >= 15 is 0 Å². The Bertz CT molecular complexity index is 207. The highest BCUT2D eigenvalue weighted by Gasteiger charge is 2.29. The molecule has 2 nitrogen and oxygen atoms in total. The van der Waals surface area contributed by atoms with Gasteiger partial charge in [0.1, 0.15) is 0 Å². The monoisotopic (exact) mass is 273 g/mol. The smallest absolute Gasteiger partial charge is 0.0438 e. The lowest BCUT2D eigenvalue weighted by atomic mass is 9.71. The first kappa shape index (κ1) is 16.3. The van der Waals surface area contributed by atoms with Crippen molar-refractivity contribution in [3.05, 3.63) is 0 Å². The third-order valence-corrected chi connectivity index (χ3v) is 5.15. The van der Waals surface area contributed by atoms with Gasteiger partial charge in [0.05, 0.1) is 0 Å². The van der Waals surface area contributed by atoms with Gasteiger partial charge in [-0.1, -0.05) is 20.8 Å². The fourth-order valence-electron chi connectivity index (χ4n) is 2.77. The van der Waals surface area contributed by atoms with Crippen molar-refractivity contribution in [2.24, 2.45) is 11.3 Å². The molecule has 0 aromatic heterocycles. The van der Waals surface area contributed by atoms with Gasteiger partial charge in [0, 0.05) is 24.9 Å². The van der Waals surface area contributed by atoms with Crippen molar-refractivity contribution in [1.29, 1.82) is 0 Å². The molecule has 3 heteroatoms. The summed E-state index contributed by atoms with van der Waals surface area (Å²) in [6.07, 6.45) is 6.41. The molecule has 1 fully saturated rings. The summed E-state index contributed by atoms with van der Waals surface area (Å²) in [5.41, 5.74) is 0.491. The van der Waals surface area contributed by atoms with Crippen LogP contribution in [-0.4, -0.2) is 35.8 Å². The summed E-state index contributed by atoms with van der Waals surface area (Å²) >= 11 is 1.95. The quantitative estimate of drug-likeness (QED) is 0.698. The summed E-state index contributed by atoms with van der Waals surface area (Å²) in [5, 5.41) is 12.4. The van der Waals surface area contributed by atoms with Crippen LogP contribution in [0.1, 0.15) is 52.9 Å². The van der Waals surface area contributed by atoms with E-state index < -0.39 is 0 Å². The molecule has 1 aliphatic carbocycles. The van der Waals surface area contributed by atoms with Crippen molar-refractivity contribution >= 4 is 11.8 Å². The number of nitrogens with one attached hydrogen (secondary N) is 1. The summed E-state index contributed by atoms with van der Waals surface area (Å²) < 4.78 is 0. The van der Waals surface area contributed by atoms with Crippen LogP contribution in [0.25, 0.3) is 0 Å². The minimum Gasteiger partial charge on any atom is -0.396 e. The molecule has 0 bridgehead atoms. The van der Waals surface area contributed by atoms with Crippen LogP contribution < -0.4 is 5.32 Å². The van der Waals surface area contributed by atoms with E-state index in [0.29, 0.717) is 12.0 Å². The number of aliphatic hydroxyl groups is 1. The summed E-state index contributed by atoms with van der Waals surface area (Å²) in [4.78, 5) is 0. The van der Waals surface area contributed by atoms with Crippen molar-refractivity contribution in [2.75, 3.05) is 24.7 Å². The van der Waals surface area contributed by atoms with E-state index in [9.17, 15) is 0 Å². The molecular formula is C15H31NOS. The zero-order valence-corrected chi connectivity index (χ0v) is 13.2. The summed E-state index contributed by atoms with van der Waals surface area (Å²) in [6, 6.07) is 0.752. The molecule has 18 heavy (non-hydrogen) atoms. The SMILES string of the molecule is CC(C)(C)C1CCC(NCCSCCCO)CC1. The van der Waals surface area contributed by atoms with Crippen LogP contribution in [0.3, 0.4) is 0 Å². The number of aliphatic hydroxyl groups excluding tert-OH is 1. The molecule has 0 aromatic carbocycles. The molecule has 1 saturated carbocycles. The Morgan fingerprint density at radius 2 is 1.78 bits per heavy atom. The van der Waals surface area contributed by atoms with Gasteiger partial charge in [-0.15, -0.1) is 0 Å². The van der Waals surface area contributed by atoms with Crippen LogP contribution in [-0.2, 0) is 0 Å². The molecule has 0 atom stereocenters. The third kappa shape index (κ3) is 6.44. The first-order valence-electron chi connectivity index (χ1n) is 7.46. The molecule has 0 spiro atoms. The third-order valence-electron chi connectivity index (χ3n) is 4.08. The number of rotatable bonds is 7. The van der Waals surface area contributed by atoms with Gasteiger partial charge in [0.15, 0.2) is 0 Å². The van der Waals surface area contributed by atoms with Gasteiger partial charge in [0.2, 0.25) is 0 Å². The Morgan fingerprint density at radius 3 is 2.33 bits per heavy atom. The fraction of sp³-hybridized carbons (Fsp3) is 1.00. The zero-order chi connectivity index (χ0) is 13.4. The normalized spacial score (nSPS) is 25.3. The van der Waals surface area contributed by atoms with Gasteiger partial charge in [-0.3, -0.25) is 0 Å². The fourth-order valence-corrected chi connectivity index (χ4v) is 3.57. The molecule has 2 N–H and O–H groups in total. The van der Waals surface area contributed by atoms with E-state index in [-0.39, 0.29) is 0 Å². The number of hydrogen-bond acceptors (Lipinski definition) is 3. The zero-order valence-electron chi connectivity index (χ0n) is 12.4. The second kappa shape index (κ2) is 8.44. The van der Waals surface area contributed by atoms with E-state index in [1.54, 1.807) is 0 Å². The Morgan fingerprint density at radius 1 is 1.11 bits per heavy atom. The molecule has 0 saturated heterocycles. The summed E-state index contributed by atoms with van der Waals surface area (Å²) in [5.74, 6) is 3.18. The van der Waals surface area contributed by atoms with E-state index in [2.05, 4.69) is 26.1 Å². The predicted octanol–water partition coefficient (Wildman–Crippen LogP) is 3.30. The lowest BCUT2D eigenvalue weighted by Crippen LogP contribution is -2.37. The molecule has 1 aliphatic rings. The van der Waals surface area contributed by atoms with Gasteiger partial charge in [0.25, 0.3) is 0 Å². The number of thioether (sulfide) groups is 1. The van der Waals surface area contributed by atoms with Crippen LogP contribution in [0, 0.1) is 11.3 Å². The largest absolute Gasteiger partial charge is 0.396 e. The maximum Gasteiger partial charge on any atom is 0.0438 e. The molecule has 0 radical (unpaired) electrons. The Balaban J connectivity index is 2.02. The maximum absolute atomic E-state index is 8.69. The molecule has 0 aliphatic heterocycles. The van der Waals surface area contributed by atoms with Gasteiger partial charge in [-0.05, 0) is 49.2 Å². The van der Waals surface area contributed by atoms with Crippen molar-refractivity contribution < 1.29 is 5.11 Å². The van der Waals surface area contributed by atoms with Gasteiger partial charge in [-0.25, -0.2) is 0 Å². The van der Waals surface area contributed by atoms with Gasteiger partial charge >= 0.3 is 0 Å². The Hall–Kier alpha value is 0.270. The molecule has 0 unspecified atom stereocenters. The van der Waals surface area contributed by atoms with E-state index in [1.807, 2.05) is 11.8 Å². The van der Waals surface area contributed by atoms with Crippen molar-refractivity contribution in [3.63, 3.8) is 0 Å². The van der Waals surface area contributed by atoms with Crippen molar-refractivity contribution in [2.45, 2.75) is 58.9 Å². The second-order valence-corrected chi connectivity index (χ2v) is 7.78. The van der Waals surface area contributed by atoms with Crippen LogP contribution >= 0.6 is 11.8 Å². The molecule has 0 amide bonds. The molecule has 0 heterocycles. The Kier molecular flexibility index (Phi) is 7.66. The summed E-state index contributed by atoms with van der Waals surface area (Å²) in [6.45, 7) is 8.59. The molecular weight excluding hydrogens is 242 g/mol. The minimum absolute atomic E-state index is 0.331. The number of hydrogen-bond donors (Lipinski definition) is 2. The second-order valence-electron chi connectivity index (χ2n) is 6.56. The Labute approximate surface area is 117 Å². The van der Waals surface area contributed by atoms with Crippen LogP contribution in [0.5, 0.6) is 0 Å². The molecule has 1 rings (SSSR count). The minimum atomic E-state index is 0.331. The van der Waals surface area contributed by atoms with Crippen LogP contribution in [0.15, 0.2) is 0 Å². The van der Waals surface area contributed by atoms with E-state index in [0.717, 1.165) is 30.7 Å². The standard InChI is InChI=1S/C15H31NOS/c1-15(2,3)13-5-7-14(8-6-13)16-9-12-18-11-4-10-17/h13-14,16-17H,4-12H2,1-3H3. The first-order chi connectivity index (χ1) is 8.54. The summed E-state index contributed by atoms with van der Waals surface area (Å²) in [7, 11) is 0. The van der Waals surface area contributed by atoms with Crippen LogP contribution in [0.4, 0.5) is 0 Å². The van der Waals surface area contributed by atoms with Gasteiger partial charge in [-0.2, -0.15) is 11.8 Å². The average Bonchev–Trinajstić information content (AvgIpc) is 2.33. The lowest BCUT2D eigenvalue weighted by Gasteiger charge is -2.37. The predicted molar refractivity (Wildman–Crippen MR) is 82.2 cm³/mol. The lowest BCUT2D eigenvalue weighted by molar-refractivity contribution is 0.161. The average molecular weight is 273 g/mol. The highest BCUT2D eigenvalue weighted by molar-refractivity contribution is 7.99. The van der Waals surface area contributed by atoms with Crippen molar-refractivity contribution in [3.8, 4) is 0 Å². The van der Waals surface area contributed by atoms with Crippen molar-refractivity contribution in [1.82, 2.24) is 5.32 Å². The first-order valence-corrected chi connectivity index (χ1v) is 8.61. The van der Waals surface area contributed by atoms with E-state index in [1.165, 1.54) is 31.4 Å². The van der Waals surface area contributed by atoms with Crippen LogP contribution in [0.2, 0.25) is 0 Å². The highest BCUT2D eigenvalue weighted by Crippen LogP contribution is 2.37. The topological polar surface area (TPSA) is 32.3 Å². The highest BCUT2D eigenvalue weighted by atomic mass is 32.2. The molecule has 0 aromatic rings.